The first-order chi connectivity index (χ1) is 6.19. The van der Waals surface area contributed by atoms with Gasteiger partial charge in [0.05, 0.1) is 21.3 Å². The Hall–Kier alpha value is 1.02. The zero-order chi connectivity index (χ0) is 11.4. The first-order valence-corrected chi connectivity index (χ1v) is 5.87. The fraction of sp³-hybridized carbons (Fsp3) is 0.875. The van der Waals surface area contributed by atoms with Crippen LogP contribution in [-0.2, 0) is 19.6 Å². The van der Waals surface area contributed by atoms with Crippen molar-refractivity contribution in [3.8, 4) is 0 Å². The second-order valence-corrected chi connectivity index (χ2v) is 5.16. The smallest absolute Gasteiger partial charge is 0.748 e. The normalized spacial score (nSPS) is 11.7. The van der Waals surface area contributed by atoms with Crippen LogP contribution in [0.25, 0.3) is 0 Å². The Bertz CT molecular complexity index is 296. The van der Waals surface area contributed by atoms with Gasteiger partial charge in [0.2, 0.25) is 0 Å². The van der Waals surface area contributed by atoms with Gasteiger partial charge in [-0.15, -0.1) is 0 Å². The molecule has 0 fully saturated rings. The average molecular weight is 262 g/mol. The Kier molecular flexibility index (Phi) is 9.02. The maximum Gasteiger partial charge on any atom is 1.00 e. The zero-order valence-corrected chi connectivity index (χ0v) is 13.5. The molecule has 0 rings (SSSR count). The summed E-state index contributed by atoms with van der Waals surface area (Å²) in [6.07, 6.45) is 0.593. The molecule has 0 aliphatic rings. The van der Waals surface area contributed by atoms with Gasteiger partial charge in [-0.25, -0.2) is 8.42 Å². The third-order valence-electron chi connectivity index (χ3n) is 2.00. The van der Waals surface area contributed by atoms with Crippen molar-refractivity contribution < 1.29 is 73.9 Å². The maximum absolute atomic E-state index is 11.3. The molecule has 0 unspecified atom stereocenters. The Morgan fingerprint density at radius 2 is 1.87 bits per heavy atom. The van der Waals surface area contributed by atoms with Gasteiger partial charge in [-0.1, -0.05) is 6.92 Å². The first-order valence-electron chi connectivity index (χ1n) is 4.30. The van der Waals surface area contributed by atoms with Crippen molar-refractivity contribution >= 4 is 16.1 Å². The summed E-state index contributed by atoms with van der Waals surface area (Å²) in [5.74, 6) is -1.15. The van der Waals surface area contributed by atoms with Crippen molar-refractivity contribution in [2.24, 2.45) is 5.41 Å². The van der Waals surface area contributed by atoms with Crippen LogP contribution in [0.15, 0.2) is 0 Å². The van der Waals surface area contributed by atoms with Crippen LogP contribution in [0.2, 0.25) is 0 Å². The maximum atomic E-state index is 11.3. The number of hydrogen-bond donors (Lipinski definition) is 0. The van der Waals surface area contributed by atoms with Crippen molar-refractivity contribution in [2.45, 2.75) is 27.2 Å². The molecule has 0 N–H and O–H groups in total. The average Bonchev–Trinajstić information content (AvgIpc) is 2.02. The summed E-state index contributed by atoms with van der Waals surface area (Å²) in [6.45, 7) is 4.85. The second-order valence-electron chi connectivity index (χ2n) is 3.64. The van der Waals surface area contributed by atoms with E-state index in [4.69, 9.17) is 0 Å². The van der Waals surface area contributed by atoms with Gasteiger partial charge in [-0.2, -0.15) is 0 Å². The number of hydrogen-bond acceptors (Lipinski definition) is 5. The molecule has 0 aromatic rings. The van der Waals surface area contributed by atoms with Gasteiger partial charge in [0.15, 0.2) is 0 Å². The molecule has 0 spiro atoms. The predicted molar refractivity (Wildman–Crippen MR) is 49.6 cm³/mol. The van der Waals surface area contributed by atoms with Gasteiger partial charge in [0.25, 0.3) is 0 Å². The number of esters is 1. The van der Waals surface area contributed by atoms with Crippen LogP contribution in [0, 0.1) is 5.41 Å². The fourth-order valence-corrected chi connectivity index (χ4v) is 0.864. The third-order valence-corrected chi connectivity index (χ3v) is 2.67. The van der Waals surface area contributed by atoms with Crippen LogP contribution in [0.1, 0.15) is 27.2 Å². The molecule has 0 aromatic heterocycles. The van der Waals surface area contributed by atoms with Crippen molar-refractivity contribution in [3.05, 3.63) is 0 Å². The molecule has 0 bridgehead atoms. The molecule has 15 heavy (non-hydrogen) atoms. The van der Waals surface area contributed by atoms with E-state index in [-0.39, 0.29) is 58.0 Å². The van der Waals surface area contributed by atoms with E-state index in [0.717, 1.165) is 0 Å². The molecule has 84 valence electrons. The molecule has 0 radical (unpaired) electrons. The summed E-state index contributed by atoms with van der Waals surface area (Å²) in [5, 5.41) is 0. The molecule has 0 saturated heterocycles. The van der Waals surface area contributed by atoms with Crippen LogP contribution in [0.4, 0.5) is 0 Å². The quantitative estimate of drug-likeness (QED) is 0.311. The number of carbonyl (C=O) groups excluding carboxylic acids is 1. The van der Waals surface area contributed by atoms with Crippen molar-refractivity contribution in [1.82, 2.24) is 0 Å². The summed E-state index contributed by atoms with van der Waals surface area (Å²) in [4.78, 5) is 11.3. The van der Waals surface area contributed by atoms with Gasteiger partial charge >= 0.3 is 57.4 Å². The fourth-order valence-electron chi connectivity index (χ4n) is 0.576. The van der Waals surface area contributed by atoms with Crippen LogP contribution in [0.5, 0.6) is 0 Å². The van der Waals surface area contributed by atoms with Crippen molar-refractivity contribution in [3.63, 3.8) is 0 Å². The largest absolute Gasteiger partial charge is 1.00 e. The van der Waals surface area contributed by atoms with Crippen LogP contribution < -0.4 is 51.4 Å². The van der Waals surface area contributed by atoms with E-state index < -0.39 is 27.3 Å². The Morgan fingerprint density at radius 1 is 1.40 bits per heavy atom. The van der Waals surface area contributed by atoms with Crippen LogP contribution in [0.3, 0.4) is 0 Å². The molecule has 5 nitrogen and oxygen atoms in total. The Balaban J connectivity index is 0. The molecular formula is C8H15KO5S. The number of ether oxygens (including phenoxy) is 1. The van der Waals surface area contributed by atoms with Gasteiger partial charge in [-0.05, 0) is 20.3 Å². The van der Waals surface area contributed by atoms with Gasteiger partial charge < -0.3 is 9.29 Å². The zero-order valence-electron chi connectivity index (χ0n) is 9.57. The summed E-state index contributed by atoms with van der Waals surface area (Å²) >= 11 is 0. The summed E-state index contributed by atoms with van der Waals surface area (Å²) in [7, 11) is -4.30. The standard InChI is InChI=1S/C8H16O5S.K/c1-4-8(2,3)7(9)13-5-6-14(10,11)12;/h4-6H2,1-3H3,(H,10,11,12);/q;+1/p-1. The topological polar surface area (TPSA) is 83.5 Å². The van der Waals surface area contributed by atoms with E-state index in [1.807, 2.05) is 6.92 Å². The number of carbonyl (C=O) groups is 1. The molecule has 0 aromatic carbocycles. The summed E-state index contributed by atoms with van der Waals surface area (Å²) in [6, 6.07) is 0. The van der Waals surface area contributed by atoms with E-state index >= 15 is 0 Å². The molecular weight excluding hydrogens is 247 g/mol. The molecule has 0 saturated carbocycles. The Morgan fingerprint density at radius 3 is 2.20 bits per heavy atom. The summed E-state index contributed by atoms with van der Waals surface area (Å²) < 4.78 is 35.2. The van der Waals surface area contributed by atoms with Crippen molar-refractivity contribution in [2.75, 3.05) is 12.4 Å². The van der Waals surface area contributed by atoms with E-state index in [9.17, 15) is 17.8 Å². The third kappa shape index (κ3) is 8.79. The minimum Gasteiger partial charge on any atom is -0.748 e. The molecule has 0 aliphatic heterocycles. The molecule has 0 amide bonds. The van der Waals surface area contributed by atoms with Crippen LogP contribution >= 0.6 is 0 Å². The van der Waals surface area contributed by atoms with E-state index in [1.54, 1.807) is 13.8 Å². The van der Waals surface area contributed by atoms with E-state index in [1.165, 1.54) is 0 Å². The Labute approximate surface area is 133 Å². The molecule has 7 heteroatoms. The van der Waals surface area contributed by atoms with Gasteiger partial charge in [-0.3, -0.25) is 4.79 Å². The molecule has 0 heterocycles. The minimum atomic E-state index is -4.30. The van der Waals surface area contributed by atoms with E-state index in [2.05, 4.69) is 4.74 Å². The predicted octanol–water partition coefficient (Wildman–Crippen LogP) is -2.48. The molecule has 0 atom stereocenters. The monoisotopic (exact) mass is 262 g/mol. The van der Waals surface area contributed by atoms with Gasteiger partial charge in [0, 0.05) is 0 Å². The van der Waals surface area contributed by atoms with Gasteiger partial charge in [0.1, 0.15) is 6.61 Å². The first kappa shape index (κ1) is 18.4. The van der Waals surface area contributed by atoms with Crippen molar-refractivity contribution in [1.29, 1.82) is 0 Å². The second kappa shape index (κ2) is 7.36. The molecule has 0 aliphatic carbocycles. The van der Waals surface area contributed by atoms with E-state index in [0.29, 0.717) is 6.42 Å². The summed E-state index contributed by atoms with van der Waals surface area (Å²) in [5.41, 5.74) is -0.632. The SMILES string of the molecule is CCC(C)(C)C(=O)OCCS(=O)(=O)[O-].[K+]. The van der Waals surface area contributed by atoms with Crippen LogP contribution in [-0.4, -0.2) is 31.3 Å². The minimum absolute atomic E-state index is 0. The number of rotatable bonds is 5.